The van der Waals surface area contributed by atoms with Crippen molar-refractivity contribution in [3.8, 4) is 22.6 Å². The van der Waals surface area contributed by atoms with Crippen molar-refractivity contribution in [2.45, 2.75) is 39.8 Å². The Morgan fingerprint density at radius 3 is 2.14 bits per heavy atom. The maximum atomic E-state index is 12.8. The van der Waals surface area contributed by atoms with Crippen molar-refractivity contribution in [3.63, 3.8) is 0 Å². The number of imidazole rings is 1. The summed E-state index contributed by atoms with van der Waals surface area (Å²) in [4.78, 5) is 28.8. The second-order valence-corrected chi connectivity index (χ2v) is 11.7. The molecule has 0 saturated heterocycles. The summed E-state index contributed by atoms with van der Waals surface area (Å²) in [5, 5.41) is 3.44. The molecule has 4 aromatic rings. The van der Waals surface area contributed by atoms with Crippen LogP contribution in [-0.4, -0.2) is 42.3 Å². The molecule has 1 aromatic heterocycles. The molecule has 0 aliphatic heterocycles. The van der Waals surface area contributed by atoms with E-state index in [-0.39, 0.29) is 18.4 Å². The van der Waals surface area contributed by atoms with E-state index in [9.17, 15) is 9.59 Å². The number of rotatable bonds is 15. The highest BCUT2D eigenvalue weighted by atomic mass is 35.5. The molecule has 0 bridgehead atoms. The smallest absolute Gasteiger partial charge is 0.305 e. The highest BCUT2D eigenvalue weighted by molar-refractivity contribution is 6.32. The van der Waals surface area contributed by atoms with Crippen molar-refractivity contribution in [3.05, 3.63) is 131 Å². The van der Waals surface area contributed by atoms with Crippen LogP contribution in [0.2, 0.25) is 0 Å². The molecule has 3 aromatic carbocycles. The summed E-state index contributed by atoms with van der Waals surface area (Å²) in [6, 6.07) is 23.8. The van der Waals surface area contributed by atoms with Gasteiger partial charge in [0.15, 0.2) is 0 Å². The highest BCUT2D eigenvalue weighted by Gasteiger charge is 2.11. The molecule has 0 atom stereocenters. The minimum absolute atomic E-state index is 0.0977. The number of hydrogen-bond acceptors (Lipinski definition) is 6. The van der Waals surface area contributed by atoms with E-state index in [0.29, 0.717) is 36.8 Å². The van der Waals surface area contributed by atoms with E-state index >= 15 is 0 Å². The van der Waals surface area contributed by atoms with E-state index in [1.165, 1.54) is 18.7 Å². The molecular weight excluding hydrogens is 673 g/mol. The highest BCUT2D eigenvalue weighted by Crippen LogP contribution is 2.24. The number of carbonyl (C=O) groups excluding carboxylic acids is 2. The van der Waals surface area contributed by atoms with Gasteiger partial charge in [0, 0.05) is 29.7 Å². The molecule has 10 heteroatoms. The average molecular weight is 717 g/mol. The third kappa shape index (κ3) is 13.5. The van der Waals surface area contributed by atoms with Crippen molar-refractivity contribution < 1.29 is 23.8 Å². The van der Waals surface area contributed by atoms with Gasteiger partial charge in [-0.05, 0) is 84.5 Å². The molecule has 1 N–H and O–H groups in total. The normalized spacial score (nSPS) is 11.2. The van der Waals surface area contributed by atoms with Gasteiger partial charge in [-0.1, -0.05) is 90.5 Å². The van der Waals surface area contributed by atoms with Gasteiger partial charge in [-0.15, -0.1) is 0 Å². The lowest BCUT2D eigenvalue weighted by molar-refractivity contribution is -0.140. The minimum atomic E-state index is -0.231. The Morgan fingerprint density at radius 1 is 0.940 bits per heavy atom. The SMILES string of the molecule is C/C=C(\C)c1cn(CC(=O)NCc2ccc(OC)cc2)c(/C=C/c2ccc(-c3ccc(OCCCC(=O)OC)cc3)cc2)n1.C=C(Cl)/C=C/Cl. The summed E-state index contributed by atoms with van der Waals surface area (Å²) >= 11 is 10.3. The molecule has 50 heavy (non-hydrogen) atoms. The van der Waals surface area contributed by atoms with E-state index in [2.05, 4.69) is 40.9 Å². The Hall–Kier alpha value is -5.05. The van der Waals surface area contributed by atoms with Crippen LogP contribution in [0.1, 0.15) is 49.3 Å². The lowest BCUT2D eigenvalue weighted by Crippen LogP contribution is -2.27. The Morgan fingerprint density at radius 2 is 1.58 bits per heavy atom. The summed E-state index contributed by atoms with van der Waals surface area (Å²) in [5.41, 5.74) is 7.36. The topological polar surface area (TPSA) is 91.7 Å². The quantitative estimate of drug-likeness (QED) is 0.0750. The summed E-state index contributed by atoms with van der Waals surface area (Å²) in [5.74, 6) is 1.91. The van der Waals surface area contributed by atoms with Crippen LogP contribution in [0.25, 0.3) is 28.9 Å². The van der Waals surface area contributed by atoms with E-state index in [1.54, 1.807) is 7.11 Å². The first kappa shape index (κ1) is 39.4. The van der Waals surface area contributed by atoms with Crippen molar-refractivity contribution in [1.82, 2.24) is 14.9 Å². The molecule has 1 amide bonds. The minimum Gasteiger partial charge on any atom is -0.497 e. The third-order valence-electron chi connectivity index (χ3n) is 7.40. The molecular formula is C40H43Cl2N3O5. The van der Waals surface area contributed by atoms with Gasteiger partial charge in [0.2, 0.25) is 5.91 Å². The fraction of sp³-hybridized carbons (Fsp3) is 0.225. The van der Waals surface area contributed by atoms with Crippen molar-refractivity contribution >= 4 is 52.8 Å². The molecule has 0 aliphatic rings. The molecule has 4 rings (SSSR count). The monoisotopic (exact) mass is 715 g/mol. The Labute approximate surface area is 304 Å². The predicted molar refractivity (Wildman–Crippen MR) is 204 cm³/mol. The zero-order chi connectivity index (χ0) is 36.3. The first-order valence-electron chi connectivity index (χ1n) is 15.9. The molecule has 1 heterocycles. The van der Waals surface area contributed by atoms with Gasteiger partial charge in [0.1, 0.15) is 23.9 Å². The Bertz CT molecular complexity index is 1780. The van der Waals surface area contributed by atoms with E-state index < -0.39 is 0 Å². The van der Waals surface area contributed by atoms with Gasteiger partial charge in [-0.2, -0.15) is 0 Å². The van der Waals surface area contributed by atoms with Gasteiger partial charge in [-0.25, -0.2) is 4.98 Å². The molecule has 0 unspecified atom stereocenters. The fourth-order valence-electron chi connectivity index (χ4n) is 4.46. The fourth-order valence-corrected chi connectivity index (χ4v) is 4.74. The average Bonchev–Trinajstić information content (AvgIpc) is 3.54. The Kier molecular flexibility index (Phi) is 16.6. The van der Waals surface area contributed by atoms with Crippen molar-refractivity contribution in [1.29, 1.82) is 0 Å². The van der Waals surface area contributed by atoms with Crippen LogP contribution in [0.3, 0.4) is 0 Å². The van der Waals surface area contributed by atoms with Crippen LogP contribution >= 0.6 is 23.2 Å². The molecule has 0 fully saturated rings. The van der Waals surface area contributed by atoms with Gasteiger partial charge in [0.05, 0.1) is 26.5 Å². The number of methoxy groups -OCH3 is 2. The summed E-state index contributed by atoms with van der Waals surface area (Å²) in [6.07, 6.45) is 10.3. The number of carbonyl (C=O) groups is 2. The maximum absolute atomic E-state index is 12.8. The van der Waals surface area contributed by atoms with E-state index in [1.807, 2.05) is 91.4 Å². The number of benzene rings is 3. The van der Waals surface area contributed by atoms with Crippen LogP contribution in [0.5, 0.6) is 11.5 Å². The second-order valence-electron chi connectivity index (χ2n) is 11.0. The lowest BCUT2D eigenvalue weighted by atomic mass is 10.0. The molecule has 0 saturated carbocycles. The summed E-state index contributed by atoms with van der Waals surface area (Å²) in [7, 11) is 3.02. The van der Waals surface area contributed by atoms with Gasteiger partial charge in [0.25, 0.3) is 0 Å². The standard InChI is InChI=1S/C36H39N3O5.C4H4Cl2/c1-5-26(2)33-24-39(25-35(40)37-23-28-10-17-31(42-3)18-11-28)34(38-33)21-12-27-8-13-29(14-9-27)30-15-19-32(20-16-30)44-22-6-7-36(41)43-4;1-4(6)2-3-5/h5,8-21,24H,6-7,22-23,25H2,1-4H3,(H,37,40);2-3H,1H2/b21-12+,26-5+;3-2+. The Balaban J connectivity index is 0.00000103. The summed E-state index contributed by atoms with van der Waals surface area (Å²) in [6.45, 7) is 8.36. The first-order chi connectivity index (χ1) is 24.1. The number of nitrogens with zero attached hydrogens (tertiary/aromatic N) is 2. The maximum Gasteiger partial charge on any atom is 0.305 e. The number of amides is 1. The summed E-state index contributed by atoms with van der Waals surface area (Å²) < 4.78 is 17.4. The van der Waals surface area contributed by atoms with Crippen LogP contribution in [0, 0.1) is 0 Å². The van der Waals surface area contributed by atoms with Crippen LogP contribution in [-0.2, 0) is 27.4 Å². The predicted octanol–water partition coefficient (Wildman–Crippen LogP) is 9.29. The lowest BCUT2D eigenvalue weighted by Gasteiger charge is -2.08. The first-order valence-corrected chi connectivity index (χ1v) is 16.8. The molecule has 262 valence electrons. The number of allylic oxidation sites excluding steroid dienone is 4. The van der Waals surface area contributed by atoms with Crippen LogP contribution < -0.4 is 14.8 Å². The van der Waals surface area contributed by atoms with Gasteiger partial charge >= 0.3 is 5.97 Å². The van der Waals surface area contributed by atoms with Crippen LogP contribution in [0.15, 0.2) is 108 Å². The van der Waals surface area contributed by atoms with Gasteiger partial charge < -0.3 is 24.1 Å². The van der Waals surface area contributed by atoms with Crippen LogP contribution in [0.4, 0.5) is 0 Å². The molecule has 0 aliphatic carbocycles. The number of hydrogen-bond donors (Lipinski definition) is 1. The zero-order valence-corrected chi connectivity index (χ0v) is 30.3. The third-order valence-corrected chi connectivity index (χ3v) is 7.65. The van der Waals surface area contributed by atoms with E-state index in [4.69, 9.17) is 37.7 Å². The zero-order valence-electron chi connectivity index (χ0n) is 28.8. The largest absolute Gasteiger partial charge is 0.497 e. The molecule has 0 radical (unpaired) electrons. The van der Waals surface area contributed by atoms with Gasteiger partial charge in [-0.3, -0.25) is 9.59 Å². The second kappa shape index (κ2) is 21.1. The molecule has 0 spiro atoms. The number of nitrogens with one attached hydrogen (secondary N) is 1. The number of aromatic nitrogens is 2. The van der Waals surface area contributed by atoms with Crippen molar-refractivity contribution in [2.24, 2.45) is 0 Å². The number of esters is 1. The number of ether oxygens (including phenoxy) is 3. The number of halogens is 2. The molecule has 8 nitrogen and oxygen atoms in total. The van der Waals surface area contributed by atoms with Crippen molar-refractivity contribution in [2.75, 3.05) is 20.8 Å². The van der Waals surface area contributed by atoms with E-state index in [0.717, 1.165) is 45.0 Å².